The zero-order valence-corrected chi connectivity index (χ0v) is 16.8. The summed E-state index contributed by atoms with van der Waals surface area (Å²) < 4.78 is 35.0. The van der Waals surface area contributed by atoms with Crippen LogP contribution in [-0.2, 0) is 6.54 Å². The molecule has 0 atom stereocenters. The molecule has 2 rings (SSSR count). The highest BCUT2D eigenvalue weighted by Crippen LogP contribution is 2.25. The van der Waals surface area contributed by atoms with Crippen molar-refractivity contribution < 1.29 is 18.3 Å². The lowest BCUT2D eigenvalue weighted by molar-refractivity contribution is -0.0504. The Morgan fingerprint density at radius 2 is 1.93 bits per heavy atom. The molecule has 0 radical (unpaired) electrons. The first-order chi connectivity index (χ1) is 13.6. The molecule has 1 aromatic carbocycles. The molecule has 1 aliphatic rings. The predicted octanol–water partition coefficient (Wildman–Crippen LogP) is 3.23. The van der Waals surface area contributed by atoms with Gasteiger partial charge >= 0.3 is 6.61 Å². The summed E-state index contributed by atoms with van der Waals surface area (Å²) in [6.07, 6.45) is 6.29. The normalized spacial score (nSPS) is 16.0. The first-order valence-electron chi connectivity index (χ1n) is 9.91. The molecule has 0 spiro atoms. The van der Waals surface area contributed by atoms with E-state index in [0.717, 1.165) is 19.5 Å². The molecule has 1 aliphatic heterocycles. The van der Waals surface area contributed by atoms with E-state index in [4.69, 9.17) is 4.74 Å². The molecular formula is C20H32F2N4O2. The van der Waals surface area contributed by atoms with E-state index in [1.807, 2.05) is 0 Å². The van der Waals surface area contributed by atoms with Crippen LogP contribution in [-0.4, -0.2) is 57.8 Å². The summed E-state index contributed by atoms with van der Waals surface area (Å²) >= 11 is 0. The van der Waals surface area contributed by atoms with Gasteiger partial charge in [-0.15, -0.1) is 0 Å². The maximum absolute atomic E-state index is 12.6. The second-order valence-corrected chi connectivity index (χ2v) is 6.81. The summed E-state index contributed by atoms with van der Waals surface area (Å²) in [5.41, 5.74) is 0.576. The van der Waals surface area contributed by atoms with Crippen molar-refractivity contribution in [3.8, 4) is 11.5 Å². The number of hydrogen-bond acceptors (Lipinski definition) is 4. The second kappa shape index (κ2) is 12.4. The standard InChI is InChI=1S/C20H32F2N4O2/c1-23-20(24-10-7-13-26-11-5-3-4-6-12-26)25-15-16-14-17(27-2)8-9-18(16)28-19(21)22/h8-9,14,19H,3-7,10-13,15H2,1-2H3,(H2,23,24,25). The van der Waals surface area contributed by atoms with Gasteiger partial charge in [0.1, 0.15) is 11.5 Å². The van der Waals surface area contributed by atoms with Crippen molar-refractivity contribution in [2.45, 2.75) is 45.3 Å². The predicted molar refractivity (Wildman–Crippen MR) is 107 cm³/mol. The molecule has 1 aromatic rings. The number of ether oxygens (including phenoxy) is 2. The van der Waals surface area contributed by atoms with Gasteiger partial charge in [-0.05, 0) is 57.1 Å². The Bertz CT molecular complexity index is 606. The number of guanidine groups is 1. The Balaban J connectivity index is 1.79. The molecule has 0 amide bonds. The fraction of sp³-hybridized carbons (Fsp3) is 0.650. The van der Waals surface area contributed by atoms with E-state index in [-0.39, 0.29) is 5.75 Å². The minimum absolute atomic E-state index is 0.125. The highest BCUT2D eigenvalue weighted by molar-refractivity contribution is 5.79. The number of likely N-dealkylation sites (tertiary alicyclic amines) is 1. The molecular weight excluding hydrogens is 366 g/mol. The number of nitrogens with zero attached hydrogens (tertiary/aromatic N) is 2. The Morgan fingerprint density at radius 3 is 2.57 bits per heavy atom. The number of aliphatic imine (C=N–C) groups is 1. The van der Waals surface area contributed by atoms with Gasteiger partial charge in [-0.25, -0.2) is 0 Å². The summed E-state index contributed by atoms with van der Waals surface area (Å²) in [5, 5.41) is 6.42. The molecule has 0 aliphatic carbocycles. The van der Waals surface area contributed by atoms with Crippen LogP contribution < -0.4 is 20.1 Å². The summed E-state index contributed by atoms with van der Waals surface area (Å²) in [7, 11) is 3.22. The molecule has 0 aromatic heterocycles. The van der Waals surface area contributed by atoms with Gasteiger partial charge < -0.3 is 25.0 Å². The number of alkyl halides is 2. The third kappa shape index (κ3) is 7.88. The number of nitrogens with one attached hydrogen (secondary N) is 2. The topological polar surface area (TPSA) is 58.1 Å². The lowest BCUT2D eigenvalue weighted by Gasteiger charge is -2.20. The van der Waals surface area contributed by atoms with Crippen LogP contribution in [0, 0.1) is 0 Å². The van der Waals surface area contributed by atoms with Crippen LogP contribution in [0.4, 0.5) is 8.78 Å². The average Bonchev–Trinajstić information content (AvgIpc) is 2.96. The van der Waals surface area contributed by atoms with Gasteiger partial charge in [-0.1, -0.05) is 12.8 Å². The first-order valence-corrected chi connectivity index (χ1v) is 9.91. The Labute approximate surface area is 166 Å². The van der Waals surface area contributed by atoms with Crippen molar-refractivity contribution in [2.24, 2.45) is 4.99 Å². The maximum atomic E-state index is 12.6. The summed E-state index contributed by atoms with van der Waals surface area (Å²) in [5.74, 6) is 1.33. The lowest BCUT2D eigenvalue weighted by atomic mass is 10.2. The Kier molecular flexibility index (Phi) is 9.82. The van der Waals surface area contributed by atoms with Gasteiger partial charge in [0.2, 0.25) is 0 Å². The van der Waals surface area contributed by atoms with Crippen LogP contribution >= 0.6 is 0 Å². The molecule has 28 heavy (non-hydrogen) atoms. The van der Waals surface area contributed by atoms with Crippen LogP contribution in [0.15, 0.2) is 23.2 Å². The number of hydrogen-bond donors (Lipinski definition) is 2. The lowest BCUT2D eigenvalue weighted by Crippen LogP contribution is -2.38. The first kappa shape index (κ1) is 22.2. The Hall–Kier alpha value is -2.09. The zero-order chi connectivity index (χ0) is 20.2. The SMILES string of the molecule is CN=C(NCCCN1CCCCCC1)NCc1cc(OC)ccc1OC(F)F. The monoisotopic (exact) mass is 398 g/mol. The van der Waals surface area contributed by atoms with Crippen molar-refractivity contribution in [2.75, 3.05) is 40.3 Å². The molecule has 2 N–H and O–H groups in total. The molecule has 8 heteroatoms. The second-order valence-electron chi connectivity index (χ2n) is 6.81. The zero-order valence-electron chi connectivity index (χ0n) is 16.8. The van der Waals surface area contributed by atoms with Crippen molar-refractivity contribution in [3.63, 3.8) is 0 Å². The van der Waals surface area contributed by atoms with Crippen LogP contribution in [0.3, 0.4) is 0 Å². The van der Waals surface area contributed by atoms with Crippen molar-refractivity contribution in [1.29, 1.82) is 0 Å². The summed E-state index contributed by atoms with van der Waals surface area (Å²) in [6.45, 7) is 1.68. The minimum atomic E-state index is -2.87. The highest BCUT2D eigenvalue weighted by atomic mass is 19.3. The highest BCUT2D eigenvalue weighted by Gasteiger charge is 2.12. The van der Waals surface area contributed by atoms with E-state index < -0.39 is 6.61 Å². The van der Waals surface area contributed by atoms with E-state index in [0.29, 0.717) is 23.8 Å². The van der Waals surface area contributed by atoms with Gasteiger partial charge in [-0.2, -0.15) is 8.78 Å². The van der Waals surface area contributed by atoms with Crippen LogP contribution in [0.25, 0.3) is 0 Å². The summed E-state index contributed by atoms with van der Waals surface area (Å²) in [6, 6.07) is 4.76. The molecule has 0 saturated carbocycles. The van der Waals surface area contributed by atoms with Crippen LogP contribution in [0.5, 0.6) is 11.5 Å². The number of methoxy groups -OCH3 is 1. The van der Waals surface area contributed by atoms with Crippen LogP contribution in [0.2, 0.25) is 0 Å². The average molecular weight is 398 g/mol. The molecule has 1 heterocycles. The third-order valence-electron chi connectivity index (χ3n) is 4.80. The van der Waals surface area contributed by atoms with E-state index in [2.05, 4.69) is 25.3 Å². The van der Waals surface area contributed by atoms with E-state index in [1.54, 1.807) is 19.2 Å². The fourth-order valence-corrected chi connectivity index (χ4v) is 3.30. The van der Waals surface area contributed by atoms with Gasteiger partial charge in [0.15, 0.2) is 5.96 Å². The van der Waals surface area contributed by atoms with Gasteiger partial charge in [0.05, 0.1) is 7.11 Å². The molecule has 0 bridgehead atoms. The smallest absolute Gasteiger partial charge is 0.387 e. The molecule has 6 nitrogen and oxygen atoms in total. The maximum Gasteiger partial charge on any atom is 0.387 e. The molecule has 0 unspecified atom stereocenters. The van der Waals surface area contributed by atoms with Gasteiger partial charge in [0, 0.05) is 25.7 Å². The third-order valence-corrected chi connectivity index (χ3v) is 4.80. The van der Waals surface area contributed by atoms with Crippen LogP contribution in [0.1, 0.15) is 37.7 Å². The van der Waals surface area contributed by atoms with E-state index >= 15 is 0 Å². The largest absolute Gasteiger partial charge is 0.497 e. The summed E-state index contributed by atoms with van der Waals surface area (Å²) in [4.78, 5) is 6.72. The minimum Gasteiger partial charge on any atom is -0.497 e. The van der Waals surface area contributed by atoms with E-state index in [1.165, 1.54) is 51.9 Å². The molecule has 1 fully saturated rings. The quantitative estimate of drug-likeness (QED) is 0.380. The van der Waals surface area contributed by atoms with Gasteiger partial charge in [-0.3, -0.25) is 4.99 Å². The fourth-order valence-electron chi connectivity index (χ4n) is 3.30. The van der Waals surface area contributed by atoms with Crippen molar-refractivity contribution in [1.82, 2.24) is 15.5 Å². The van der Waals surface area contributed by atoms with Gasteiger partial charge in [0.25, 0.3) is 0 Å². The van der Waals surface area contributed by atoms with Crippen molar-refractivity contribution in [3.05, 3.63) is 23.8 Å². The molecule has 158 valence electrons. The molecule has 1 saturated heterocycles. The Morgan fingerprint density at radius 1 is 1.18 bits per heavy atom. The number of halogens is 2. The number of rotatable bonds is 9. The number of benzene rings is 1. The van der Waals surface area contributed by atoms with Crippen molar-refractivity contribution >= 4 is 5.96 Å². The van der Waals surface area contributed by atoms with E-state index in [9.17, 15) is 8.78 Å².